The first-order valence-electron chi connectivity index (χ1n) is 6.26. The Kier molecular flexibility index (Phi) is 6.20. The smallest absolute Gasteiger partial charge is 0.189 e. The Bertz CT molecular complexity index is 423. The predicted octanol–water partition coefficient (Wildman–Crippen LogP) is 3.63. The van der Waals surface area contributed by atoms with E-state index in [4.69, 9.17) is 5.73 Å². The normalized spacial score (nSPS) is 14.3. The van der Waals surface area contributed by atoms with Gasteiger partial charge in [-0.3, -0.25) is 4.99 Å². The van der Waals surface area contributed by atoms with Crippen LogP contribution < -0.4 is 11.1 Å². The first kappa shape index (κ1) is 16.4. The molecular weight excluding hydrogens is 322 g/mol. The van der Waals surface area contributed by atoms with E-state index in [9.17, 15) is 0 Å². The Morgan fingerprint density at radius 1 is 1.37 bits per heavy atom. The zero-order valence-corrected chi connectivity index (χ0v) is 14.3. The Morgan fingerprint density at radius 2 is 1.95 bits per heavy atom. The molecule has 0 radical (unpaired) electrons. The van der Waals surface area contributed by atoms with E-state index in [-0.39, 0.29) is 5.54 Å². The summed E-state index contributed by atoms with van der Waals surface area (Å²) >= 11 is 5.23. The third-order valence-electron chi connectivity index (χ3n) is 2.17. The van der Waals surface area contributed by atoms with Crippen molar-refractivity contribution in [2.75, 3.05) is 6.54 Å². The summed E-state index contributed by atoms with van der Waals surface area (Å²) in [7, 11) is 0. The lowest BCUT2D eigenvalue weighted by molar-refractivity contribution is 0.508. The van der Waals surface area contributed by atoms with Gasteiger partial charge < -0.3 is 11.1 Å². The highest BCUT2D eigenvalue weighted by Gasteiger charge is 2.10. The minimum Gasteiger partial charge on any atom is -0.370 e. The van der Waals surface area contributed by atoms with Crippen LogP contribution in [0.25, 0.3) is 0 Å². The molecule has 0 fully saturated rings. The van der Waals surface area contributed by atoms with Crippen LogP contribution in [-0.2, 0) is 0 Å². The van der Waals surface area contributed by atoms with E-state index >= 15 is 0 Å². The van der Waals surface area contributed by atoms with E-state index in [0.29, 0.717) is 17.8 Å². The van der Waals surface area contributed by atoms with E-state index < -0.39 is 0 Å². The lowest BCUT2D eigenvalue weighted by Crippen LogP contribution is -2.45. The molecule has 0 aromatic heterocycles. The van der Waals surface area contributed by atoms with Crippen molar-refractivity contribution in [1.82, 2.24) is 5.32 Å². The van der Waals surface area contributed by atoms with Crippen molar-refractivity contribution in [3.8, 4) is 0 Å². The summed E-state index contributed by atoms with van der Waals surface area (Å²) in [6, 6.07) is 8.30. The molecule has 0 heterocycles. The lowest BCUT2D eigenvalue weighted by atomic mass is 10.1. The van der Waals surface area contributed by atoms with Gasteiger partial charge in [-0.15, -0.1) is 11.8 Å². The van der Waals surface area contributed by atoms with Crippen molar-refractivity contribution in [3.05, 3.63) is 28.7 Å². The molecule has 0 aliphatic rings. The third-order valence-corrected chi connectivity index (χ3v) is 3.80. The molecule has 0 aliphatic carbocycles. The van der Waals surface area contributed by atoms with E-state index in [1.807, 2.05) is 12.1 Å². The lowest BCUT2D eigenvalue weighted by Gasteiger charge is -2.21. The van der Waals surface area contributed by atoms with Crippen molar-refractivity contribution in [1.29, 1.82) is 0 Å². The number of nitrogens with zero attached hydrogens (tertiary/aromatic N) is 1. The number of thioether (sulfide) groups is 1. The maximum atomic E-state index is 5.84. The maximum Gasteiger partial charge on any atom is 0.189 e. The molecule has 19 heavy (non-hydrogen) atoms. The summed E-state index contributed by atoms with van der Waals surface area (Å²) < 4.78 is 1.10. The van der Waals surface area contributed by atoms with Crippen molar-refractivity contribution >= 4 is 33.7 Å². The minimum atomic E-state index is -0.0460. The average molecular weight is 344 g/mol. The number of hydrogen-bond acceptors (Lipinski definition) is 2. The fourth-order valence-electron chi connectivity index (χ4n) is 1.43. The van der Waals surface area contributed by atoms with Gasteiger partial charge in [0.15, 0.2) is 5.96 Å². The van der Waals surface area contributed by atoms with E-state index in [1.54, 1.807) is 11.8 Å². The van der Waals surface area contributed by atoms with Crippen LogP contribution in [0.2, 0.25) is 0 Å². The van der Waals surface area contributed by atoms with Crippen LogP contribution >= 0.6 is 27.7 Å². The van der Waals surface area contributed by atoms with Crippen LogP contribution in [0.4, 0.5) is 0 Å². The summed E-state index contributed by atoms with van der Waals surface area (Å²) in [5.41, 5.74) is 5.80. The molecule has 1 unspecified atom stereocenters. The zero-order valence-electron chi connectivity index (χ0n) is 11.9. The zero-order chi connectivity index (χ0) is 14.5. The molecule has 3 nitrogen and oxygen atoms in total. The average Bonchev–Trinajstić information content (AvgIpc) is 2.27. The van der Waals surface area contributed by atoms with Crippen LogP contribution in [0.3, 0.4) is 0 Å². The number of halogens is 1. The molecule has 0 aliphatic heterocycles. The summed E-state index contributed by atoms with van der Waals surface area (Å²) in [4.78, 5) is 5.62. The molecule has 1 aromatic carbocycles. The number of nitrogens with two attached hydrogens (primary N) is 1. The molecule has 106 valence electrons. The van der Waals surface area contributed by atoms with Crippen LogP contribution in [0.1, 0.15) is 27.7 Å². The van der Waals surface area contributed by atoms with Crippen LogP contribution in [0.15, 0.2) is 38.6 Å². The van der Waals surface area contributed by atoms with Gasteiger partial charge in [-0.25, -0.2) is 0 Å². The van der Waals surface area contributed by atoms with Gasteiger partial charge in [-0.2, -0.15) is 0 Å². The monoisotopic (exact) mass is 343 g/mol. The first-order chi connectivity index (χ1) is 8.76. The number of guanidine groups is 1. The second-order valence-electron chi connectivity index (χ2n) is 5.48. The second-order valence-corrected chi connectivity index (χ2v) is 7.91. The molecule has 1 aromatic rings. The van der Waals surface area contributed by atoms with Crippen molar-refractivity contribution < 1.29 is 0 Å². The van der Waals surface area contributed by atoms with Gasteiger partial charge in [-0.1, -0.05) is 22.9 Å². The second kappa shape index (κ2) is 7.20. The fraction of sp³-hybridized carbons (Fsp3) is 0.500. The summed E-state index contributed by atoms with van der Waals surface area (Å²) in [6.45, 7) is 9.05. The topological polar surface area (TPSA) is 50.4 Å². The Hall–Kier alpha value is -0.680. The van der Waals surface area contributed by atoms with E-state index in [1.165, 1.54) is 4.90 Å². The number of nitrogens with one attached hydrogen (secondary N) is 1. The minimum absolute atomic E-state index is 0.0460. The standard InChI is InChI=1S/C14H22BrN3S/c1-10(9-17-13(16)18-14(2,3)4)19-12-7-5-11(15)6-8-12/h5-8,10H,9H2,1-4H3,(H3,16,17,18). The highest BCUT2D eigenvalue weighted by Crippen LogP contribution is 2.24. The van der Waals surface area contributed by atoms with Gasteiger partial charge in [0.25, 0.3) is 0 Å². The number of benzene rings is 1. The molecule has 0 saturated heterocycles. The van der Waals surface area contributed by atoms with E-state index in [2.05, 4.69) is 66.1 Å². The van der Waals surface area contributed by atoms with Crippen molar-refractivity contribution in [2.24, 2.45) is 10.7 Å². The van der Waals surface area contributed by atoms with Crippen LogP contribution in [-0.4, -0.2) is 23.3 Å². The Balaban J connectivity index is 2.45. The maximum absolute atomic E-state index is 5.84. The molecule has 0 amide bonds. The van der Waals surface area contributed by atoms with Crippen molar-refractivity contribution in [2.45, 2.75) is 43.4 Å². The van der Waals surface area contributed by atoms with Gasteiger partial charge in [0.1, 0.15) is 0 Å². The van der Waals surface area contributed by atoms with Crippen LogP contribution in [0.5, 0.6) is 0 Å². The number of hydrogen-bond donors (Lipinski definition) is 2. The SMILES string of the molecule is CC(CN=C(N)NC(C)(C)C)Sc1ccc(Br)cc1. The van der Waals surface area contributed by atoms with Crippen LogP contribution in [0, 0.1) is 0 Å². The fourth-order valence-corrected chi connectivity index (χ4v) is 2.60. The molecule has 1 atom stereocenters. The van der Waals surface area contributed by atoms with Gasteiger partial charge in [0.05, 0.1) is 6.54 Å². The van der Waals surface area contributed by atoms with Gasteiger partial charge in [-0.05, 0) is 45.0 Å². The molecule has 3 N–H and O–H groups in total. The largest absolute Gasteiger partial charge is 0.370 e. The van der Waals surface area contributed by atoms with Gasteiger partial charge >= 0.3 is 0 Å². The molecule has 1 rings (SSSR count). The number of rotatable bonds is 4. The van der Waals surface area contributed by atoms with Gasteiger partial charge in [0, 0.05) is 20.2 Å². The Labute approximate surface area is 128 Å². The predicted molar refractivity (Wildman–Crippen MR) is 88.8 cm³/mol. The summed E-state index contributed by atoms with van der Waals surface area (Å²) in [5.74, 6) is 0.510. The molecular formula is C14H22BrN3S. The molecule has 0 saturated carbocycles. The molecule has 0 spiro atoms. The highest BCUT2D eigenvalue weighted by molar-refractivity contribution is 9.10. The summed E-state index contributed by atoms with van der Waals surface area (Å²) in [5, 5.41) is 3.55. The highest BCUT2D eigenvalue weighted by atomic mass is 79.9. The third kappa shape index (κ3) is 7.47. The Morgan fingerprint density at radius 3 is 2.47 bits per heavy atom. The first-order valence-corrected chi connectivity index (χ1v) is 7.94. The quantitative estimate of drug-likeness (QED) is 0.498. The van der Waals surface area contributed by atoms with Crippen molar-refractivity contribution in [3.63, 3.8) is 0 Å². The van der Waals surface area contributed by atoms with E-state index in [0.717, 1.165) is 4.47 Å². The molecule has 0 bridgehead atoms. The van der Waals surface area contributed by atoms with Gasteiger partial charge in [0.2, 0.25) is 0 Å². The molecule has 5 heteroatoms. The summed E-state index contributed by atoms with van der Waals surface area (Å²) in [6.07, 6.45) is 0. The number of aliphatic imine (C=N–C) groups is 1.